The predicted molar refractivity (Wildman–Crippen MR) is 132 cm³/mol. The van der Waals surface area contributed by atoms with Crippen molar-refractivity contribution in [3.8, 4) is 17.5 Å². The number of halogens is 1. The maximum Gasteiger partial charge on any atom is 0.234 e. The van der Waals surface area contributed by atoms with E-state index >= 15 is 0 Å². The van der Waals surface area contributed by atoms with E-state index in [9.17, 15) is 4.79 Å². The molecule has 0 saturated heterocycles. The SMILES string of the molecule is Cc1ccc(Cl)cc1NC(=O)CSc1nnc(COc2ccc(C#N)cc2)n1-c1ccccc1. The lowest BCUT2D eigenvalue weighted by Crippen LogP contribution is -2.15. The zero-order valence-corrected chi connectivity index (χ0v) is 19.8. The van der Waals surface area contributed by atoms with Gasteiger partial charge in [-0.25, -0.2) is 0 Å². The van der Waals surface area contributed by atoms with Crippen molar-refractivity contribution in [1.29, 1.82) is 5.26 Å². The Balaban J connectivity index is 1.49. The van der Waals surface area contributed by atoms with E-state index in [1.54, 1.807) is 36.4 Å². The summed E-state index contributed by atoms with van der Waals surface area (Å²) in [6, 6.07) is 24.0. The Labute approximate surface area is 206 Å². The van der Waals surface area contributed by atoms with Gasteiger partial charge in [0.2, 0.25) is 5.91 Å². The van der Waals surface area contributed by atoms with E-state index in [1.165, 1.54) is 11.8 Å². The smallest absolute Gasteiger partial charge is 0.234 e. The number of nitrogens with one attached hydrogen (secondary N) is 1. The summed E-state index contributed by atoms with van der Waals surface area (Å²) in [6.45, 7) is 2.08. The van der Waals surface area contributed by atoms with Gasteiger partial charge in [-0.05, 0) is 61.0 Å². The van der Waals surface area contributed by atoms with E-state index in [0.29, 0.717) is 33.0 Å². The molecule has 3 aromatic carbocycles. The van der Waals surface area contributed by atoms with Crippen molar-refractivity contribution < 1.29 is 9.53 Å². The number of hydrogen-bond donors (Lipinski definition) is 1. The van der Waals surface area contributed by atoms with Crippen molar-refractivity contribution >= 4 is 35.0 Å². The van der Waals surface area contributed by atoms with Crippen LogP contribution in [0, 0.1) is 18.3 Å². The van der Waals surface area contributed by atoms with Crippen molar-refractivity contribution in [3.05, 3.63) is 94.8 Å². The summed E-state index contributed by atoms with van der Waals surface area (Å²) in [7, 11) is 0. The second kappa shape index (κ2) is 10.9. The maximum absolute atomic E-state index is 12.6. The Morgan fingerprint density at radius 3 is 2.62 bits per heavy atom. The van der Waals surface area contributed by atoms with Crippen LogP contribution in [0.4, 0.5) is 5.69 Å². The molecule has 7 nitrogen and oxygen atoms in total. The van der Waals surface area contributed by atoms with Crippen molar-refractivity contribution in [2.24, 2.45) is 0 Å². The molecule has 0 aliphatic carbocycles. The van der Waals surface area contributed by atoms with Crippen LogP contribution in [0.15, 0.2) is 78.0 Å². The Kier molecular flexibility index (Phi) is 7.48. The van der Waals surface area contributed by atoms with Gasteiger partial charge >= 0.3 is 0 Å². The molecule has 0 spiro atoms. The summed E-state index contributed by atoms with van der Waals surface area (Å²) in [4.78, 5) is 12.6. The highest BCUT2D eigenvalue weighted by Crippen LogP contribution is 2.25. The molecule has 0 unspecified atom stereocenters. The van der Waals surface area contributed by atoms with Gasteiger partial charge < -0.3 is 10.1 Å². The van der Waals surface area contributed by atoms with Gasteiger partial charge in [0.15, 0.2) is 11.0 Å². The monoisotopic (exact) mass is 489 g/mol. The average molecular weight is 490 g/mol. The lowest BCUT2D eigenvalue weighted by atomic mass is 10.2. The van der Waals surface area contributed by atoms with Crippen molar-refractivity contribution in [2.75, 3.05) is 11.1 Å². The number of aromatic nitrogens is 3. The minimum atomic E-state index is -0.173. The number of ether oxygens (including phenoxy) is 1. The minimum Gasteiger partial charge on any atom is -0.486 e. The van der Waals surface area contributed by atoms with Gasteiger partial charge in [0.25, 0.3) is 0 Å². The third-order valence-electron chi connectivity index (χ3n) is 4.87. The molecule has 0 bridgehead atoms. The highest BCUT2D eigenvalue weighted by molar-refractivity contribution is 7.99. The van der Waals surface area contributed by atoms with Crippen LogP contribution in [0.2, 0.25) is 5.02 Å². The number of nitriles is 1. The third-order valence-corrected chi connectivity index (χ3v) is 6.04. The number of nitrogens with zero attached hydrogens (tertiary/aromatic N) is 4. The number of hydrogen-bond acceptors (Lipinski definition) is 6. The van der Waals surface area contributed by atoms with Gasteiger partial charge in [0.1, 0.15) is 12.4 Å². The second-order valence-corrected chi connectivity index (χ2v) is 8.67. The van der Waals surface area contributed by atoms with Crippen molar-refractivity contribution in [1.82, 2.24) is 14.8 Å². The van der Waals surface area contributed by atoms with E-state index in [-0.39, 0.29) is 18.3 Å². The first kappa shape index (κ1) is 23.4. The number of carbonyl (C=O) groups is 1. The highest BCUT2D eigenvalue weighted by atomic mass is 35.5. The Morgan fingerprint density at radius 2 is 1.88 bits per heavy atom. The molecule has 4 rings (SSSR count). The number of anilines is 1. The molecule has 1 heterocycles. The fourth-order valence-corrected chi connectivity index (χ4v) is 4.09. The Bertz CT molecular complexity index is 1330. The topological polar surface area (TPSA) is 92.8 Å². The first-order valence-corrected chi connectivity index (χ1v) is 11.7. The molecule has 9 heteroatoms. The number of para-hydroxylation sites is 1. The summed E-state index contributed by atoms with van der Waals surface area (Å²) >= 11 is 7.33. The highest BCUT2D eigenvalue weighted by Gasteiger charge is 2.17. The Hall–Kier alpha value is -3.80. The lowest BCUT2D eigenvalue weighted by Gasteiger charge is -2.12. The van der Waals surface area contributed by atoms with Gasteiger partial charge in [0.05, 0.1) is 17.4 Å². The summed E-state index contributed by atoms with van der Waals surface area (Å²) in [5, 5.41) is 21.6. The van der Waals surface area contributed by atoms with Crippen LogP contribution in [0.25, 0.3) is 5.69 Å². The standard InChI is InChI=1S/C25H20ClN5O2S/c1-17-7-10-19(26)13-22(17)28-24(32)16-34-25-30-29-23(31(25)20-5-3-2-4-6-20)15-33-21-11-8-18(14-27)9-12-21/h2-13H,15-16H2,1H3,(H,28,32). The fourth-order valence-electron chi connectivity index (χ4n) is 3.14. The lowest BCUT2D eigenvalue weighted by molar-refractivity contribution is -0.113. The molecule has 0 aliphatic rings. The molecule has 34 heavy (non-hydrogen) atoms. The van der Waals surface area contributed by atoms with E-state index < -0.39 is 0 Å². The van der Waals surface area contributed by atoms with Crippen molar-refractivity contribution in [2.45, 2.75) is 18.7 Å². The van der Waals surface area contributed by atoms with Crippen LogP contribution >= 0.6 is 23.4 Å². The van der Waals surface area contributed by atoms with Gasteiger partial charge in [-0.15, -0.1) is 10.2 Å². The summed E-state index contributed by atoms with van der Waals surface area (Å²) in [5.41, 5.74) is 3.03. The van der Waals surface area contributed by atoms with Gasteiger partial charge in [-0.2, -0.15) is 5.26 Å². The van der Waals surface area contributed by atoms with E-state index in [0.717, 1.165) is 11.3 Å². The van der Waals surface area contributed by atoms with Crippen LogP contribution in [-0.2, 0) is 11.4 Å². The minimum absolute atomic E-state index is 0.146. The molecule has 0 radical (unpaired) electrons. The fraction of sp³-hybridized carbons (Fsp3) is 0.120. The molecule has 0 atom stereocenters. The van der Waals surface area contributed by atoms with E-state index in [4.69, 9.17) is 21.6 Å². The van der Waals surface area contributed by atoms with Crippen LogP contribution in [0.5, 0.6) is 5.75 Å². The molecule has 170 valence electrons. The van der Waals surface area contributed by atoms with Gasteiger partial charge in [-0.1, -0.05) is 47.6 Å². The van der Waals surface area contributed by atoms with E-state index in [1.807, 2.05) is 47.9 Å². The molecule has 0 aliphatic heterocycles. The number of amides is 1. The normalized spacial score (nSPS) is 10.5. The molecule has 4 aromatic rings. The second-order valence-electron chi connectivity index (χ2n) is 7.29. The first-order chi connectivity index (χ1) is 16.5. The third kappa shape index (κ3) is 5.76. The van der Waals surface area contributed by atoms with Crippen LogP contribution in [0.3, 0.4) is 0 Å². The van der Waals surface area contributed by atoms with Crippen LogP contribution in [0.1, 0.15) is 17.0 Å². The van der Waals surface area contributed by atoms with E-state index in [2.05, 4.69) is 21.6 Å². The summed E-state index contributed by atoms with van der Waals surface area (Å²) < 4.78 is 7.73. The number of thioether (sulfide) groups is 1. The molecule has 1 aromatic heterocycles. The summed E-state index contributed by atoms with van der Waals surface area (Å²) in [6.07, 6.45) is 0. The Morgan fingerprint density at radius 1 is 1.12 bits per heavy atom. The molecule has 1 amide bonds. The van der Waals surface area contributed by atoms with Gasteiger partial charge in [-0.3, -0.25) is 9.36 Å². The number of aryl methyl sites for hydroxylation is 1. The molecule has 0 saturated carbocycles. The maximum atomic E-state index is 12.6. The predicted octanol–water partition coefficient (Wildman–Crippen LogP) is 5.41. The molecule has 1 N–H and O–H groups in total. The van der Waals surface area contributed by atoms with Crippen molar-refractivity contribution in [3.63, 3.8) is 0 Å². The molecular weight excluding hydrogens is 470 g/mol. The average Bonchev–Trinajstić information content (AvgIpc) is 3.27. The number of benzene rings is 3. The van der Waals surface area contributed by atoms with Gasteiger partial charge in [0, 0.05) is 16.4 Å². The number of carbonyl (C=O) groups excluding carboxylic acids is 1. The largest absolute Gasteiger partial charge is 0.486 e. The summed E-state index contributed by atoms with van der Waals surface area (Å²) in [5.74, 6) is 1.18. The zero-order valence-electron chi connectivity index (χ0n) is 18.2. The molecular formula is C25H20ClN5O2S. The first-order valence-electron chi connectivity index (χ1n) is 10.3. The quantitative estimate of drug-likeness (QED) is 0.332. The van der Waals surface area contributed by atoms with Crippen LogP contribution < -0.4 is 10.1 Å². The zero-order chi connectivity index (χ0) is 23.9. The van der Waals surface area contributed by atoms with Crippen LogP contribution in [-0.4, -0.2) is 26.4 Å². The molecule has 0 fully saturated rings. The number of rotatable bonds is 8.